The number of imidazole rings is 1. The van der Waals surface area contributed by atoms with E-state index in [0.717, 1.165) is 11.6 Å². The maximum atomic E-state index is 4.21. The van der Waals surface area contributed by atoms with Crippen LogP contribution in [0.25, 0.3) is 5.69 Å². The Kier molecular flexibility index (Phi) is 2.81. The molecule has 2 rings (SSSR count). The molecule has 0 saturated heterocycles. The minimum Gasteiger partial charge on any atom is -0.378 e. The molecular weight excluding hydrogens is 200 g/mol. The topological polar surface area (TPSA) is 33.1 Å². The Hall–Kier alpha value is -1.97. The second-order valence-electron chi connectivity index (χ2n) is 3.78. The van der Waals surface area contributed by atoms with Crippen molar-refractivity contribution in [3.05, 3.63) is 36.7 Å². The van der Waals surface area contributed by atoms with Crippen LogP contribution in [0.5, 0.6) is 0 Å². The van der Waals surface area contributed by atoms with Gasteiger partial charge in [0.05, 0.1) is 0 Å². The lowest BCUT2D eigenvalue weighted by Crippen LogP contribution is -2.08. The maximum Gasteiger partial charge on any atom is 0.207 e. The van der Waals surface area contributed by atoms with Crippen molar-refractivity contribution in [3.8, 4) is 5.69 Å². The normalized spacial score (nSPS) is 10.2. The summed E-state index contributed by atoms with van der Waals surface area (Å²) in [6.45, 7) is 0. The van der Waals surface area contributed by atoms with Crippen LogP contribution in [0.4, 0.5) is 11.6 Å². The SMILES string of the molecule is CNc1nccn1-c1ccc(N(C)C)cc1. The fourth-order valence-electron chi connectivity index (χ4n) is 1.61. The molecular formula is C12H16N4. The van der Waals surface area contributed by atoms with Crippen LogP contribution in [0.2, 0.25) is 0 Å². The van der Waals surface area contributed by atoms with Crippen molar-refractivity contribution in [3.63, 3.8) is 0 Å². The van der Waals surface area contributed by atoms with E-state index in [2.05, 4.69) is 39.5 Å². The molecule has 0 fully saturated rings. The van der Waals surface area contributed by atoms with Crippen molar-refractivity contribution >= 4 is 11.6 Å². The van der Waals surface area contributed by atoms with Crippen molar-refractivity contribution in [2.45, 2.75) is 0 Å². The van der Waals surface area contributed by atoms with Gasteiger partial charge in [-0.15, -0.1) is 0 Å². The van der Waals surface area contributed by atoms with Gasteiger partial charge in [0.25, 0.3) is 0 Å². The number of benzene rings is 1. The van der Waals surface area contributed by atoms with Gasteiger partial charge in [-0.25, -0.2) is 4.98 Å². The van der Waals surface area contributed by atoms with E-state index < -0.39 is 0 Å². The first-order valence-electron chi connectivity index (χ1n) is 5.21. The molecule has 1 aromatic heterocycles. The summed E-state index contributed by atoms with van der Waals surface area (Å²) in [5.74, 6) is 0.845. The van der Waals surface area contributed by atoms with Crippen molar-refractivity contribution in [2.75, 3.05) is 31.4 Å². The molecule has 84 valence electrons. The highest BCUT2D eigenvalue weighted by Crippen LogP contribution is 2.18. The second kappa shape index (κ2) is 4.26. The molecule has 0 aliphatic carbocycles. The predicted octanol–water partition coefficient (Wildman–Crippen LogP) is 1.98. The van der Waals surface area contributed by atoms with Gasteiger partial charge >= 0.3 is 0 Å². The van der Waals surface area contributed by atoms with Crippen LogP contribution in [0.1, 0.15) is 0 Å². The van der Waals surface area contributed by atoms with E-state index in [1.807, 2.05) is 31.9 Å². The summed E-state index contributed by atoms with van der Waals surface area (Å²) < 4.78 is 2.01. The van der Waals surface area contributed by atoms with Crippen molar-refractivity contribution < 1.29 is 0 Å². The largest absolute Gasteiger partial charge is 0.378 e. The zero-order valence-electron chi connectivity index (χ0n) is 9.81. The van der Waals surface area contributed by atoms with Gasteiger partial charge in [-0.2, -0.15) is 0 Å². The van der Waals surface area contributed by atoms with Crippen LogP contribution in [-0.2, 0) is 0 Å². The fourth-order valence-corrected chi connectivity index (χ4v) is 1.61. The Bertz CT molecular complexity index is 456. The lowest BCUT2D eigenvalue weighted by Gasteiger charge is -2.13. The van der Waals surface area contributed by atoms with Crippen LogP contribution in [0, 0.1) is 0 Å². The van der Waals surface area contributed by atoms with Crippen LogP contribution < -0.4 is 10.2 Å². The molecule has 0 amide bonds. The van der Waals surface area contributed by atoms with Gasteiger partial charge in [0.1, 0.15) is 0 Å². The quantitative estimate of drug-likeness (QED) is 0.851. The molecule has 0 unspecified atom stereocenters. The predicted molar refractivity (Wildman–Crippen MR) is 67.4 cm³/mol. The number of hydrogen-bond acceptors (Lipinski definition) is 3. The lowest BCUT2D eigenvalue weighted by molar-refractivity contribution is 1.05. The molecule has 2 aromatic rings. The summed E-state index contributed by atoms with van der Waals surface area (Å²) in [5.41, 5.74) is 2.29. The smallest absolute Gasteiger partial charge is 0.207 e. The third kappa shape index (κ3) is 1.86. The Morgan fingerprint density at radius 1 is 1.19 bits per heavy atom. The minimum atomic E-state index is 0.845. The Morgan fingerprint density at radius 2 is 1.88 bits per heavy atom. The van der Waals surface area contributed by atoms with Gasteiger partial charge in [-0.3, -0.25) is 4.57 Å². The van der Waals surface area contributed by atoms with E-state index in [0.29, 0.717) is 0 Å². The summed E-state index contributed by atoms with van der Waals surface area (Å²) in [5, 5.41) is 3.05. The average molecular weight is 216 g/mol. The minimum absolute atomic E-state index is 0.845. The standard InChI is InChI=1S/C12H16N4/c1-13-12-14-8-9-16(12)11-6-4-10(5-7-11)15(2)3/h4-9H,1-3H3,(H,13,14). The Morgan fingerprint density at radius 3 is 2.44 bits per heavy atom. The molecule has 0 spiro atoms. The zero-order chi connectivity index (χ0) is 11.5. The first kappa shape index (κ1) is 10.5. The molecule has 16 heavy (non-hydrogen) atoms. The van der Waals surface area contributed by atoms with E-state index in [4.69, 9.17) is 0 Å². The number of anilines is 2. The highest BCUT2D eigenvalue weighted by molar-refractivity contribution is 5.51. The van der Waals surface area contributed by atoms with Gasteiger partial charge in [-0.1, -0.05) is 0 Å². The van der Waals surface area contributed by atoms with E-state index in [1.165, 1.54) is 5.69 Å². The molecule has 1 aromatic carbocycles. The summed E-state index contributed by atoms with van der Waals surface area (Å²) >= 11 is 0. The fraction of sp³-hybridized carbons (Fsp3) is 0.250. The van der Waals surface area contributed by atoms with Gasteiger partial charge in [0.2, 0.25) is 5.95 Å². The molecule has 0 radical (unpaired) electrons. The van der Waals surface area contributed by atoms with Crippen molar-refractivity contribution in [1.29, 1.82) is 0 Å². The summed E-state index contributed by atoms with van der Waals surface area (Å²) in [6.07, 6.45) is 3.72. The van der Waals surface area contributed by atoms with Gasteiger partial charge in [-0.05, 0) is 24.3 Å². The molecule has 0 bridgehead atoms. The number of hydrogen-bond donors (Lipinski definition) is 1. The molecule has 4 nitrogen and oxygen atoms in total. The Labute approximate surface area is 95.5 Å². The number of rotatable bonds is 3. The third-order valence-corrected chi connectivity index (χ3v) is 2.51. The highest BCUT2D eigenvalue weighted by Gasteiger charge is 2.02. The van der Waals surface area contributed by atoms with Crippen LogP contribution in [0.15, 0.2) is 36.7 Å². The highest BCUT2D eigenvalue weighted by atomic mass is 15.2. The van der Waals surface area contributed by atoms with Crippen molar-refractivity contribution in [1.82, 2.24) is 9.55 Å². The maximum absolute atomic E-state index is 4.21. The zero-order valence-corrected chi connectivity index (χ0v) is 9.81. The Balaban J connectivity index is 2.35. The van der Waals surface area contributed by atoms with Crippen LogP contribution >= 0.6 is 0 Å². The molecule has 1 N–H and O–H groups in total. The third-order valence-electron chi connectivity index (χ3n) is 2.51. The van der Waals surface area contributed by atoms with Crippen LogP contribution in [-0.4, -0.2) is 30.7 Å². The monoisotopic (exact) mass is 216 g/mol. The average Bonchev–Trinajstić information content (AvgIpc) is 2.77. The van der Waals surface area contributed by atoms with Gasteiger partial charge in [0, 0.05) is 44.9 Å². The number of nitrogens with one attached hydrogen (secondary N) is 1. The second-order valence-corrected chi connectivity index (χ2v) is 3.78. The van der Waals surface area contributed by atoms with E-state index in [-0.39, 0.29) is 0 Å². The van der Waals surface area contributed by atoms with E-state index >= 15 is 0 Å². The summed E-state index contributed by atoms with van der Waals surface area (Å²) in [4.78, 5) is 6.29. The van der Waals surface area contributed by atoms with Crippen molar-refractivity contribution in [2.24, 2.45) is 0 Å². The lowest BCUT2D eigenvalue weighted by atomic mass is 10.2. The molecule has 0 atom stereocenters. The van der Waals surface area contributed by atoms with E-state index in [9.17, 15) is 0 Å². The summed E-state index contributed by atoms with van der Waals surface area (Å²) in [6, 6.07) is 8.35. The summed E-state index contributed by atoms with van der Waals surface area (Å²) in [7, 11) is 5.93. The van der Waals surface area contributed by atoms with Gasteiger partial charge < -0.3 is 10.2 Å². The van der Waals surface area contributed by atoms with E-state index in [1.54, 1.807) is 6.20 Å². The molecule has 0 saturated carbocycles. The number of nitrogens with zero attached hydrogens (tertiary/aromatic N) is 3. The molecule has 1 heterocycles. The van der Waals surface area contributed by atoms with Crippen LogP contribution in [0.3, 0.4) is 0 Å². The van der Waals surface area contributed by atoms with Gasteiger partial charge in [0.15, 0.2) is 0 Å². The molecule has 0 aliphatic rings. The molecule has 4 heteroatoms. The molecule has 0 aliphatic heterocycles. The number of aromatic nitrogens is 2. The first-order chi connectivity index (χ1) is 7.72. The first-order valence-corrected chi connectivity index (χ1v) is 5.21.